The molecule has 4 heterocycles. The van der Waals surface area contributed by atoms with E-state index in [1.54, 1.807) is 23.7 Å². The lowest BCUT2D eigenvalue weighted by atomic mass is 10.2. The number of nitrogens with zero attached hydrogens (tertiary/aromatic N) is 6. The Morgan fingerprint density at radius 2 is 2.04 bits per heavy atom. The molecule has 7 nitrogen and oxygen atoms in total. The molecule has 1 atom stereocenters. The highest BCUT2D eigenvalue weighted by molar-refractivity contribution is 7.18. The number of rotatable bonds is 5. The molecular formula is C17H20N6OS. The third kappa shape index (κ3) is 3.07. The van der Waals surface area contributed by atoms with Crippen LogP contribution in [0, 0.1) is 0 Å². The third-order valence-electron chi connectivity index (χ3n) is 4.24. The van der Waals surface area contributed by atoms with Crippen LogP contribution in [0.4, 0.5) is 0 Å². The highest BCUT2D eigenvalue weighted by atomic mass is 32.1. The van der Waals surface area contributed by atoms with Crippen molar-refractivity contribution in [1.82, 2.24) is 29.7 Å². The fraction of sp³-hybridized carbons (Fsp3) is 0.471. The Labute approximate surface area is 150 Å². The summed E-state index contributed by atoms with van der Waals surface area (Å²) in [6.07, 6.45) is 6.08. The molecule has 0 spiro atoms. The molecule has 1 saturated heterocycles. The van der Waals surface area contributed by atoms with Gasteiger partial charge >= 0.3 is 0 Å². The van der Waals surface area contributed by atoms with Crippen molar-refractivity contribution in [2.45, 2.75) is 39.2 Å². The van der Waals surface area contributed by atoms with Gasteiger partial charge in [-0.05, 0) is 18.9 Å². The van der Waals surface area contributed by atoms with Gasteiger partial charge in [-0.3, -0.25) is 0 Å². The zero-order chi connectivity index (χ0) is 17.2. The van der Waals surface area contributed by atoms with Crippen molar-refractivity contribution < 1.29 is 4.74 Å². The van der Waals surface area contributed by atoms with Gasteiger partial charge in [0.1, 0.15) is 0 Å². The molecule has 1 unspecified atom stereocenters. The van der Waals surface area contributed by atoms with Crippen LogP contribution in [-0.2, 0) is 17.6 Å². The molecule has 0 bridgehead atoms. The van der Waals surface area contributed by atoms with Gasteiger partial charge in [-0.25, -0.2) is 24.6 Å². The molecule has 0 N–H and O–H groups in total. The summed E-state index contributed by atoms with van der Waals surface area (Å²) in [4.78, 5) is 19.3. The van der Waals surface area contributed by atoms with Crippen LogP contribution in [-0.4, -0.2) is 42.9 Å². The molecule has 0 aromatic carbocycles. The monoisotopic (exact) mass is 356 g/mol. The summed E-state index contributed by atoms with van der Waals surface area (Å²) in [5.41, 5.74) is 1.02. The van der Waals surface area contributed by atoms with Crippen molar-refractivity contribution in [2.75, 3.05) is 13.2 Å². The number of ether oxygens (including phenoxy) is 1. The molecule has 0 saturated carbocycles. The maximum atomic E-state index is 5.56. The van der Waals surface area contributed by atoms with Crippen molar-refractivity contribution in [3.05, 3.63) is 30.0 Å². The molecule has 130 valence electrons. The molecule has 3 aromatic rings. The molecule has 0 radical (unpaired) electrons. The second kappa shape index (κ2) is 6.97. The van der Waals surface area contributed by atoms with Gasteiger partial charge in [-0.2, -0.15) is 5.10 Å². The summed E-state index contributed by atoms with van der Waals surface area (Å²) in [6, 6.07) is 2.05. The lowest BCUT2D eigenvalue weighted by molar-refractivity contribution is 0.184. The van der Waals surface area contributed by atoms with Gasteiger partial charge in [0.15, 0.2) is 22.5 Å². The quantitative estimate of drug-likeness (QED) is 0.699. The van der Waals surface area contributed by atoms with Gasteiger partial charge in [-0.1, -0.05) is 13.8 Å². The fourth-order valence-electron chi connectivity index (χ4n) is 2.91. The van der Waals surface area contributed by atoms with E-state index in [9.17, 15) is 0 Å². The van der Waals surface area contributed by atoms with E-state index in [-0.39, 0.29) is 6.04 Å². The molecule has 8 heteroatoms. The van der Waals surface area contributed by atoms with E-state index in [1.165, 1.54) is 0 Å². The van der Waals surface area contributed by atoms with E-state index in [1.807, 2.05) is 10.7 Å². The molecule has 1 fully saturated rings. The largest absolute Gasteiger partial charge is 0.379 e. The smallest absolute Gasteiger partial charge is 0.188 e. The average molecular weight is 356 g/mol. The normalized spacial score (nSPS) is 17.3. The summed E-state index contributed by atoms with van der Waals surface area (Å²) in [6.45, 7) is 5.64. The summed E-state index contributed by atoms with van der Waals surface area (Å²) in [5.74, 6) is 2.40. The Morgan fingerprint density at radius 1 is 1.20 bits per heavy atom. The van der Waals surface area contributed by atoms with Gasteiger partial charge in [0.25, 0.3) is 0 Å². The molecular weight excluding hydrogens is 336 g/mol. The fourth-order valence-corrected chi connectivity index (χ4v) is 4.00. The van der Waals surface area contributed by atoms with Crippen LogP contribution in [0.1, 0.15) is 37.8 Å². The Bertz CT molecular complexity index is 853. The van der Waals surface area contributed by atoms with Crippen LogP contribution in [0.5, 0.6) is 0 Å². The first-order chi connectivity index (χ1) is 12.3. The van der Waals surface area contributed by atoms with Gasteiger partial charge in [0.2, 0.25) is 0 Å². The SMILES string of the molecule is CCc1nc(-c2sc(-c3ncccn3)nc2CC)n(C2CCOC2)n1. The Morgan fingerprint density at radius 3 is 2.72 bits per heavy atom. The van der Waals surface area contributed by atoms with Crippen molar-refractivity contribution in [1.29, 1.82) is 0 Å². The van der Waals surface area contributed by atoms with E-state index in [2.05, 4.69) is 23.8 Å². The van der Waals surface area contributed by atoms with Crippen LogP contribution in [0.3, 0.4) is 0 Å². The van der Waals surface area contributed by atoms with Gasteiger partial charge in [-0.15, -0.1) is 11.3 Å². The van der Waals surface area contributed by atoms with Gasteiger partial charge < -0.3 is 4.74 Å². The standard InChI is InChI=1S/C17H20N6OS/c1-3-12-14(25-17(20-12)15-18-7-5-8-19-15)16-21-13(4-2)22-23(16)11-6-9-24-10-11/h5,7-8,11H,3-4,6,9-10H2,1-2H3. The first-order valence-corrected chi connectivity index (χ1v) is 9.42. The Balaban J connectivity index is 1.81. The summed E-state index contributed by atoms with van der Waals surface area (Å²) in [7, 11) is 0. The molecule has 3 aromatic heterocycles. The van der Waals surface area contributed by atoms with E-state index in [4.69, 9.17) is 19.8 Å². The van der Waals surface area contributed by atoms with Crippen molar-refractivity contribution >= 4 is 11.3 Å². The predicted molar refractivity (Wildman–Crippen MR) is 95.4 cm³/mol. The van der Waals surface area contributed by atoms with Crippen LogP contribution in [0.15, 0.2) is 18.5 Å². The predicted octanol–water partition coefficient (Wildman–Crippen LogP) is 2.94. The molecule has 0 aliphatic carbocycles. The van der Waals surface area contributed by atoms with Crippen LogP contribution in [0.2, 0.25) is 0 Å². The van der Waals surface area contributed by atoms with Crippen LogP contribution in [0.25, 0.3) is 21.5 Å². The number of aryl methyl sites for hydroxylation is 2. The van der Waals surface area contributed by atoms with E-state index < -0.39 is 0 Å². The third-order valence-corrected chi connectivity index (χ3v) is 5.32. The summed E-state index contributed by atoms with van der Waals surface area (Å²) in [5, 5.41) is 5.54. The zero-order valence-electron chi connectivity index (χ0n) is 14.3. The minimum atomic E-state index is 0.242. The van der Waals surface area contributed by atoms with E-state index in [0.29, 0.717) is 12.4 Å². The molecule has 1 aliphatic rings. The highest BCUT2D eigenvalue weighted by Crippen LogP contribution is 2.35. The van der Waals surface area contributed by atoms with Gasteiger partial charge in [0.05, 0.1) is 23.2 Å². The van der Waals surface area contributed by atoms with Crippen molar-refractivity contribution in [3.8, 4) is 21.5 Å². The Hall–Kier alpha value is -2.19. The average Bonchev–Trinajstić information content (AvgIpc) is 3.39. The number of aromatic nitrogens is 6. The van der Waals surface area contributed by atoms with E-state index >= 15 is 0 Å². The number of hydrogen-bond donors (Lipinski definition) is 0. The molecule has 4 rings (SSSR count). The second-order valence-electron chi connectivity index (χ2n) is 5.89. The van der Waals surface area contributed by atoms with Crippen LogP contribution < -0.4 is 0 Å². The minimum absolute atomic E-state index is 0.242. The molecule has 0 amide bonds. The topological polar surface area (TPSA) is 78.6 Å². The number of hydrogen-bond acceptors (Lipinski definition) is 7. The highest BCUT2D eigenvalue weighted by Gasteiger charge is 2.26. The second-order valence-corrected chi connectivity index (χ2v) is 6.89. The zero-order valence-corrected chi connectivity index (χ0v) is 15.2. The summed E-state index contributed by atoms with van der Waals surface area (Å²) >= 11 is 1.59. The lowest BCUT2D eigenvalue weighted by Crippen LogP contribution is -2.12. The summed E-state index contributed by atoms with van der Waals surface area (Å²) < 4.78 is 7.59. The maximum absolute atomic E-state index is 5.56. The molecule has 25 heavy (non-hydrogen) atoms. The van der Waals surface area contributed by atoms with Crippen LogP contribution >= 0.6 is 11.3 Å². The van der Waals surface area contributed by atoms with Crippen molar-refractivity contribution in [2.24, 2.45) is 0 Å². The number of thiazole rings is 1. The maximum Gasteiger partial charge on any atom is 0.188 e. The minimum Gasteiger partial charge on any atom is -0.379 e. The van der Waals surface area contributed by atoms with E-state index in [0.717, 1.165) is 53.1 Å². The van der Waals surface area contributed by atoms with Gasteiger partial charge in [0, 0.05) is 25.4 Å². The Kier molecular flexibility index (Phi) is 4.54. The lowest BCUT2D eigenvalue weighted by Gasteiger charge is -2.10. The first-order valence-electron chi connectivity index (χ1n) is 8.60. The first kappa shape index (κ1) is 16.3. The van der Waals surface area contributed by atoms with Crippen molar-refractivity contribution in [3.63, 3.8) is 0 Å². The molecule has 1 aliphatic heterocycles.